The maximum absolute atomic E-state index is 2.31. The molecule has 0 fully saturated rings. The third-order valence-electron chi connectivity index (χ3n) is 3.16. The fraction of sp³-hybridized carbons (Fsp3) is 0.375. The minimum atomic E-state index is 1.08. The molecule has 0 radical (unpaired) electrons. The first-order chi connectivity index (χ1) is 9.75. The van der Waals surface area contributed by atoms with E-state index in [9.17, 15) is 0 Å². The van der Waals surface area contributed by atoms with E-state index < -0.39 is 0 Å². The highest BCUT2D eigenvalue weighted by Crippen LogP contribution is 2.20. The number of rotatable bonds is 7. The van der Waals surface area contributed by atoms with Crippen molar-refractivity contribution in [2.24, 2.45) is 0 Å². The molecule has 0 amide bonds. The molecule has 2 heterocycles. The molecule has 0 aliphatic heterocycles. The molecule has 2 aromatic rings. The molecule has 0 saturated heterocycles. The van der Waals surface area contributed by atoms with E-state index in [-0.39, 0.29) is 0 Å². The van der Waals surface area contributed by atoms with E-state index in [4.69, 9.17) is 0 Å². The summed E-state index contributed by atoms with van der Waals surface area (Å²) < 4.78 is 4.55. The van der Waals surface area contributed by atoms with E-state index in [1.807, 2.05) is 21.6 Å². The molecule has 0 unspecified atom stereocenters. The number of hydrogen-bond acceptors (Lipinski definition) is 2. The molecular weight excluding hydrogens is 284 g/mol. The summed E-state index contributed by atoms with van der Waals surface area (Å²) in [6.07, 6.45) is 6.47. The summed E-state index contributed by atoms with van der Waals surface area (Å²) in [5.74, 6) is 2.30. The molecule has 2 rings (SSSR count). The Morgan fingerprint density at radius 2 is 1.55 bits per heavy atom. The Labute approximate surface area is 129 Å². The standard InChI is InChI=1S/C16H22N2S2/c1-15-6-9-17(10-7-15)11-13-19-20-14-12-18-8-4-3-5-16(18)2/h3-10H,11-14H2,1-2H3/q+2. The lowest BCUT2D eigenvalue weighted by molar-refractivity contribution is -0.698. The van der Waals surface area contributed by atoms with Gasteiger partial charge in [0, 0.05) is 31.2 Å². The predicted octanol–water partition coefficient (Wildman–Crippen LogP) is 2.96. The van der Waals surface area contributed by atoms with Gasteiger partial charge in [0.2, 0.25) is 0 Å². The Morgan fingerprint density at radius 1 is 0.850 bits per heavy atom. The number of hydrogen-bond donors (Lipinski definition) is 0. The monoisotopic (exact) mass is 306 g/mol. The van der Waals surface area contributed by atoms with Crippen molar-refractivity contribution in [2.45, 2.75) is 26.9 Å². The summed E-state index contributed by atoms with van der Waals surface area (Å²) in [7, 11) is 3.92. The van der Waals surface area contributed by atoms with E-state index in [2.05, 4.69) is 71.9 Å². The first-order valence-electron chi connectivity index (χ1n) is 6.91. The van der Waals surface area contributed by atoms with Crippen molar-refractivity contribution < 1.29 is 9.13 Å². The van der Waals surface area contributed by atoms with Crippen LogP contribution in [0.25, 0.3) is 0 Å². The molecular formula is C16H22N2S2+2. The minimum absolute atomic E-state index is 1.08. The lowest BCUT2D eigenvalue weighted by atomic mass is 10.3. The van der Waals surface area contributed by atoms with Gasteiger partial charge >= 0.3 is 0 Å². The second-order valence-electron chi connectivity index (χ2n) is 4.79. The summed E-state index contributed by atoms with van der Waals surface area (Å²) in [5, 5.41) is 0. The molecule has 0 spiro atoms. The molecule has 0 N–H and O–H groups in total. The highest BCUT2D eigenvalue weighted by Gasteiger charge is 2.04. The summed E-state index contributed by atoms with van der Waals surface area (Å²) in [6, 6.07) is 10.7. The van der Waals surface area contributed by atoms with Crippen molar-refractivity contribution in [2.75, 3.05) is 11.5 Å². The summed E-state index contributed by atoms with van der Waals surface area (Å²) in [4.78, 5) is 0. The maximum atomic E-state index is 2.31. The van der Waals surface area contributed by atoms with Crippen molar-refractivity contribution in [3.8, 4) is 0 Å². The SMILES string of the molecule is Cc1cc[n+](CCSSCC[n+]2ccccc2C)cc1. The largest absolute Gasteiger partial charge is 0.204 e. The Balaban J connectivity index is 1.60. The van der Waals surface area contributed by atoms with Crippen molar-refractivity contribution in [3.05, 3.63) is 60.2 Å². The van der Waals surface area contributed by atoms with Gasteiger partial charge in [0.25, 0.3) is 0 Å². The van der Waals surface area contributed by atoms with Crippen LogP contribution in [-0.4, -0.2) is 11.5 Å². The Bertz CT molecular complexity index is 526. The Hall–Kier alpha value is -1.00. The van der Waals surface area contributed by atoms with Crippen LogP contribution >= 0.6 is 21.6 Å². The molecule has 20 heavy (non-hydrogen) atoms. The van der Waals surface area contributed by atoms with E-state index in [0.717, 1.165) is 24.6 Å². The van der Waals surface area contributed by atoms with Crippen LogP contribution in [0, 0.1) is 13.8 Å². The lowest BCUT2D eigenvalue weighted by Crippen LogP contribution is -2.37. The molecule has 0 aliphatic carbocycles. The molecule has 0 aromatic carbocycles. The first kappa shape index (κ1) is 15.4. The molecule has 0 saturated carbocycles. The van der Waals surface area contributed by atoms with Gasteiger partial charge in [-0.3, -0.25) is 0 Å². The zero-order valence-corrected chi connectivity index (χ0v) is 13.8. The van der Waals surface area contributed by atoms with Gasteiger partial charge in [-0.15, -0.1) is 0 Å². The normalized spacial score (nSPS) is 10.7. The third-order valence-corrected chi connectivity index (χ3v) is 5.52. The molecule has 0 atom stereocenters. The number of aromatic nitrogens is 2. The van der Waals surface area contributed by atoms with Crippen molar-refractivity contribution in [3.63, 3.8) is 0 Å². The number of pyridine rings is 2. The highest BCUT2D eigenvalue weighted by atomic mass is 33.1. The van der Waals surface area contributed by atoms with Gasteiger partial charge < -0.3 is 0 Å². The topological polar surface area (TPSA) is 7.76 Å². The second kappa shape index (κ2) is 8.32. The molecule has 2 nitrogen and oxygen atoms in total. The van der Waals surface area contributed by atoms with Crippen LogP contribution in [0.4, 0.5) is 0 Å². The minimum Gasteiger partial charge on any atom is -0.204 e. The summed E-state index contributed by atoms with van der Waals surface area (Å²) in [5.41, 5.74) is 2.65. The number of nitrogens with zero attached hydrogens (tertiary/aromatic N) is 2. The van der Waals surface area contributed by atoms with Crippen LogP contribution in [-0.2, 0) is 13.1 Å². The lowest BCUT2D eigenvalue weighted by Gasteiger charge is -2.00. The fourth-order valence-electron chi connectivity index (χ4n) is 1.89. The van der Waals surface area contributed by atoms with Gasteiger partial charge in [-0.1, -0.05) is 27.7 Å². The van der Waals surface area contributed by atoms with Crippen LogP contribution in [0.1, 0.15) is 11.3 Å². The van der Waals surface area contributed by atoms with Gasteiger partial charge in [0.05, 0.1) is 11.5 Å². The van der Waals surface area contributed by atoms with Crippen LogP contribution < -0.4 is 9.13 Å². The van der Waals surface area contributed by atoms with Gasteiger partial charge in [0.1, 0.15) is 0 Å². The smallest absolute Gasteiger partial charge is 0.178 e. The maximum Gasteiger partial charge on any atom is 0.178 e. The quantitative estimate of drug-likeness (QED) is 0.441. The van der Waals surface area contributed by atoms with Crippen molar-refractivity contribution in [1.82, 2.24) is 0 Å². The Morgan fingerprint density at radius 3 is 2.25 bits per heavy atom. The van der Waals surface area contributed by atoms with Gasteiger partial charge in [0.15, 0.2) is 37.4 Å². The Kier molecular flexibility index (Phi) is 6.40. The third kappa shape index (κ3) is 5.17. The van der Waals surface area contributed by atoms with Gasteiger partial charge in [-0.25, -0.2) is 9.13 Å². The van der Waals surface area contributed by atoms with Crippen molar-refractivity contribution >= 4 is 21.6 Å². The number of aryl methyl sites for hydroxylation is 4. The van der Waals surface area contributed by atoms with E-state index in [0.29, 0.717) is 0 Å². The molecule has 106 valence electrons. The zero-order valence-electron chi connectivity index (χ0n) is 12.2. The van der Waals surface area contributed by atoms with Crippen molar-refractivity contribution in [1.29, 1.82) is 0 Å². The molecule has 0 aliphatic rings. The molecule has 2 aromatic heterocycles. The second-order valence-corrected chi connectivity index (χ2v) is 7.49. The summed E-state index contributed by atoms with van der Waals surface area (Å²) >= 11 is 0. The van der Waals surface area contributed by atoms with Crippen LogP contribution in [0.15, 0.2) is 48.9 Å². The first-order valence-corrected chi connectivity index (χ1v) is 9.40. The van der Waals surface area contributed by atoms with Crippen LogP contribution in [0.3, 0.4) is 0 Å². The zero-order chi connectivity index (χ0) is 14.2. The van der Waals surface area contributed by atoms with E-state index in [1.165, 1.54) is 11.3 Å². The van der Waals surface area contributed by atoms with E-state index >= 15 is 0 Å². The average molecular weight is 307 g/mol. The average Bonchev–Trinajstić information content (AvgIpc) is 2.46. The van der Waals surface area contributed by atoms with E-state index in [1.54, 1.807) is 0 Å². The predicted molar refractivity (Wildman–Crippen MR) is 87.7 cm³/mol. The highest BCUT2D eigenvalue weighted by molar-refractivity contribution is 8.76. The molecule has 4 heteroatoms. The van der Waals surface area contributed by atoms with Crippen LogP contribution in [0.5, 0.6) is 0 Å². The van der Waals surface area contributed by atoms with Gasteiger partial charge in [-0.05, 0) is 12.5 Å². The molecule has 0 bridgehead atoms. The van der Waals surface area contributed by atoms with Gasteiger partial charge in [-0.2, -0.15) is 0 Å². The van der Waals surface area contributed by atoms with Crippen LogP contribution in [0.2, 0.25) is 0 Å². The summed E-state index contributed by atoms with van der Waals surface area (Å²) in [6.45, 7) is 6.45. The fourth-order valence-corrected chi connectivity index (χ4v) is 3.84.